The Morgan fingerprint density at radius 1 is 1.24 bits per heavy atom. The van der Waals surface area contributed by atoms with Gasteiger partial charge in [-0.25, -0.2) is 0 Å². The van der Waals surface area contributed by atoms with E-state index >= 15 is 0 Å². The molecule has 0 N–H and O–H groups in total. The van der Waals surface area contributed by atoms with Crippen molar-refractivity contribution in [3.05, 3.63) is 53.9 Å². The first-order chi connectivity index (χ1) is 12.2. The highest BCUT2D eigenvalue weighted by molar-refractivity contribution is 5.76. The molecule has 0 radical (unpaired) electrons. The smallest absolute Gasteiger partial charge is 0.223 e. The van der Waals surface area contributed by atoms with E-state index in [4.69, 9.17) is 4.74 Å². The summed E-state index contributed by atoms with van der Waals surface area (Å²) in [6, 6.07) is 10.5. The highest BCUT2D eigenvalue weighted by Crippen LogP contribution is 2.15. The molecule has 1 aromatic carbocycles. The largest absolute Gasteiger partial charge is 0.375 e. The lowest BCUT2D eigenvalue weighted by Crippen LogP contribution is -2.45. The number of amides is 1. The van der Waals surface area contributed by atoms with E-state index < -0.39 is 0 Å². The van der Waals surface area contributed by atoms with Gasteiger partial charge in [0.2, 0.25) is 5.91 Å². The molecule has 1 aromatic heterocycles. The Morgan fingerprint density at radius 2 is 2.08 bits per heavy atom. The molecule has 1 aliphatic heterocycles. The maximum atomic E-state index is 12.5. The second-order valence-corrected chi connectivity index (χ2v) is 6.73. The lowest BCUT2D eigenvalue weighted by Gasteiger charge is -2.33. The average molecular weight is 341 g/mol. The van der Waals surface area contributed by atoms with Gasteiger partial charge in [0.05, 0.1) is 18.9 Å². The molecule has 0 saturated carbocycles. The standard InChI is InChI=1S/C20H27N3O2/c1-22-15-18(14-21-22)10-11-20(24)23-12-13-25-19(16-23)9-5-8-17-6-3-2-4-7-17/h2-4,6-7,14-15,19H,5,8-13,16H2,1H3. The van der Waals surface area contributed by atoms with Crippen LogP contribution >= 0.6 is 0 Å². The molecular formula is C20H27N3O2. The summed E-state index contributed by atoms with van der Waals surface area (Å²) in [5.74, 6) is 0.222. The van der Waals surface area contributed by atoms with E-state index in [0.717, 1.165) is 37.8 Å². The van der Waals surface area contributed by atoms with Crippen LogP contribution in [-0.4, -0.2) is 46.4 Å². The van der Waals surface area contributed by atoms with Gasteiger partial charge in [0.25, 0.3) is 0 Å². The molecule has 2 aromatic rings. The predicted molar refractivity (Wildman–Crippen MR) is 97.2 cm³/mol. The molecule has 0 bridgehead atoms. The Labute approximate surface area is 149 Å². The van der Waals surface area contributed by atoms with Gasteiger partial charge in [-0.15, -0.1) is 0 Å². The van der Waals surface area contributed by atoms with Crippen LogP contribution in [0.25, 0.3) is 0 Å². The minimum Gasteiger partial charge on any atom is -0.375 e. The van der Waals surface area contributed by atoms with Crippen molar-refractivity contribution in [1.29, 1.82) is 0 Å². The molecule has 1 atom stereocenters. The maximum Gasteiger partial charge on any atom is 0.223 e. The molecule has 5 nitrogen and oxygen atoms in total. The topological polar surface area (TPSA) is 47.4 Å². The Kier molecular flexibility index (Phi) is 6.23. The summed E-state index contributed by atoms with van der Waals surface area (Å²) in [6.07, 6.45) is 8.42. The molecule has 0 aliphatic carbocycles. The lowest BCUT2D eigenvalue weighted by molar-refractivity contribution is -0.139. The van der Waals surface area contributed by atoms with Crippen molar-refractivity contribution in [2.24, 2.45) is 7.05 Å². The van der Waals surface area contributed by atoms with E-state index in [9.17, 15) is 4.79 Å². The fourth-order valence-corrected chi connectivity index (χ4v) is 3.31. The molecule has 3 rings (SSSR count). The minimum atomic E-state index is 0.166. The zero-order chi connectivity index (χ0) is 17.5. The SMILES string of the molecule is Cn1cc(CCC(=O)N2CCOC(CCCc3ccccc3)C2)cn1. The molecule has 1 amide bonds. The zero-order valence-corrected chi connectivity index (χ0v) is 14.9. The van der Waals surface area contributed by atoms with Crippen LogP contribution in [0.4, 0.5) is 0 Å². The van der Waals surface area contributed by atoms with E-state index in [1.165, 1.54) is 5.56 Å². The lowest BCUT2D eigenvalue weighted by atomic mass is 10.0. The molecule has 1 aliphatic rings. The third kappa shape index (κ3) is 5.43. The number of morpholine rings is 1. The highest BCUT2D eigenvalue weighted by Gasteiger charge is 2.23. The summed E-state index contributed by atoms with van der Waals surface area (Å²) < 4.78 is 7.63. The van der Waals surface area contributed by atoms with E-state index in [-0.39, 0.29) is 12.0 Å². The number of carbonyl (C=O) groups excluding carboxylic acids is 1. The fourth-order valence-electron chi connectivity index (χ4n) is 3.31. The van der Waals surface area contributed by atoms with Gasteiger partial charge in [-0.05, 0) is 36.8 Å². The molecule has 2 heterocycles. The van der Waals surface area contributed by atoms with Crippen molar-refractivity contribution in [3.63, 3.8) is 0 Å². The van der Waals surface area contributed by atoms with E-state index in [1.54, 1.807) is 4.68 Å². The third-order valence-electron chi connectivity index (χ3n) is 4.71. The number of nitrogens with zero attached hydrogens (tertiary/aromatic N) is 3. The molecule has 5 heteroatoms. The van der Waals surface area contributed by atoms with E-state index in [2.05, 4.69) is 29.4 Å². The average Bonchev–Trinajstić information content (AvgIpc) is 3.06. The Balaban J connectivity index is 1.40. The number of carbonyl (C=O) groups is 1. The maximum absolute atomic E-state index is 12.5. The van der Waals surface area contributed by atoms with Crippen LogP contribution in [0.5, 0.6) is 0 Å². The van der Waals surface area contributed by atoms with Crippen molar-refractivity contribution in [2.75, 3.05) is 19.7 Å². The van der Waals surface area contributed by atoms with Crippen LogP contribution in [0.3, 0.4) is 0 Å². The van der Waals surface area contributed by atoms with Crippen LogP contribution < -0.4 is 0 Å². The van der Waals surface area contributed by atoms with Crippen molar-refractivity contribution < 1.29 is 9.53 Å². The van der Waals surface area contributed by atoms with Gasteiger partial charge in [0.1, 0.15) is 0 Å². The van der Waals surface area contributed by atoms with Crippen LogP contribution in [0.2, 0.25) is 0 Å². The van der Waals surface area contributed by atoms with E-state index in [0.29, 0.717) is 19.6 Å². The summed E-state index contributed by atoms with van der Waals surface area (Å²) in [5, 5.41) is 4.15. The van der Waals surface area contributed by atoms with Crippen molar-refractivity contribution >= 4 is 5.91 Å². The summed E-state index contributed by atoms with van der Waals surface area (Å²) in [7, 11) is 1.90. The fraction of sp³-hybridized carbons (Fsp3) is 0.500. The van der Waals surface area contributed by atoms with Gasteiger partial charge < -0.3 is 9.64 Å². The Bertz CT molecular complexity index is 669. The van der Waals surface area contributed by atoms with Crippen LogP contribution in [0.15, 0.2) is 42.7 Å². The first-order valence-electron chi connectivity index (χ1n) is 9.11. The summed E-state index contributed by atoms with van der Waals surface area (Å²) in [4.78, 5) is 14.4. The van der Waals surface area contributed by atoms with Crippen molar-refractivity contribution in [1.82, 2.24) is 14.7 Å². The third-order valence-corrected chi connectivity index (χ3v) is 4.71. The molecule has 1 saturated heterocycles. The number of rotatable bonds is 7. The second-order valence-electron chi connectivity index (χ2n) is 6.73. The number of aryl methyl sites for hydroxylation is 3. The number of ether oxygens (including phenoxy) is 1. The molecule has 1 fully saturated rings. The zero-order valence-electron chi connectivity index (χ0n) is 14.9. The number of benzene rings is 1. The van der Waals surface area contributed by atoms with Gasteiger partial charge in [0, 0.05) is 32.8 Å². The second kappa shape index (κ2) is 8.81. The monoisotopic (exact) mass is 341 g/mol. The van der Waals surface area contributed by atoms with Gasteiger partial charge in [-0.2, -0.15) is 5.10 Å². The van der Waals surface area contributed by atoms with Gasteiger partial charge in [-0.3, -0.25) is 9.48 Å². The van der Waals surface area contributed by atoms with Gasteiger partial charge in [0.15, 0.2) is 0 Å². The summed E-state index contributed by atoms with van der Waals surface area (Å²) in [5.41, 5.74) is 2.48. The molecular weight excluding hydrogens is 314 g/mol. The van der Waals surface area contributed by atoms with Crippen LogP contribution in [0.1, 0.15) is 30.4 Å². The van der Waals surface area contributed by atoms with Gasteiger partial charge >= 0.3 is 0 Å². The summed E-state index contributed by atoms with van der Waals surface area (Å²) in [6.45, 7) is 2.08. The Hall–Kier alpha value is -2.14. The normalized spacial score (nSPS) is 17.6. The van der Waals surface area contributed by atoms with Crippen molar-refractivity contribution in [2.45, 2.75) is 38.2 Å². The molecule has 0 spiro atoms. The quantitative estimate of drug-likeness (QED) is 0.778. The van der Waals surface area contributed by atoms with E-state index in [1.807, 2.05) is 30.4 Å². The van der Waals surface area contributed by atoms with Gasteiger partial charge in [-0.1, -0.05) is 30.3 Å². The minimum absolute atomic E-state index is 0.166. The first kappa shape index (κ1) is 17.7. The van der Waals surface area contributed by atoms with Crippen LogP contribution in [-0.2, 0) is 29.4 Å². The first-order valence-corrected chi connectivity index (χ1v) is 9.11. The number of hydrogen-bond donors (Lipinski definition) is 0. The number of hydrogen-bond acceptors (Lipinski definition) is 3. The van der Waals surface area contributed by atoms with Crippen molar-refractivity contribution in [3.8, 4) is 0 Å². The molecule has 134 valence electrons. The number of aromatic nitrogens is 2. The Morgan fingerprint density at radius 3 is 2.84 bits per heavy atom. The summed E-state index contributed by atoms with van der Waals surface area (Å²) >= 11 is 0. The molecule has 1 unspecified atom stereocenters. The highest BCUT2D eigenvalue weighted by atomic mass is 16.5. The predicted octanol–water partition coefficient (Wildman–Crippen LogP) is 2.60. The van der Waals surface area contributed by atoms with Crippen LogP contribution in [0, 0.1) is 0 Å². The molecule has 25 heavy (non-hydrogen) atoms.